The molecule has 1 N–H and O–H groups in total. The van der Waals surface area contributed by atoms with Crippen LogP contribution < -0.4 is 5.43 Å². The lowest BCUT2D eigenvalue weighted by Gasteiger charge is -2.16. The molecule has 3 rings (SSSR count). The Morgan fingerprint density at radius 2 is 2.04 bits per heavy atom. The number of carbonyl (C=O) groups is 2. The van der Waals surface area contributed by atoms with Crippen molar-refractivity contribution in [1.82, 2.24) is 10.3 Å². The summed E-state index contributed by atoms with van der Waals surface area (Å²) < 4.78 is 0. The van der Waals surface area contributed by atoms with Crippen LogP contribution in [0.4, 0.5) is 0 Å². The number of amides is 2. The number of halogens is 1. The third kappa shape index (κ3) is 4.67. The van der Waals surface area contributed by atoms with E-state index < -0.39 is 0 Å². The van der Waals surface area contributed by atoms with Crippen LogP contribution in [-0.2, 0) is 16.1 Å². The first-order chi connectivity index (χ1) is 12.1. The molecule has 1 unspecified atom stereocenters. The molecule has 128 valence electrons. The lowest BCUT2D eigenvalue weighted by molar-refractivity contribution is -0.129. The Morgan fingerprint density at radius 1 is 1.24 bits per heavy atom. The van der Waals surface area contributed by atoms with Crippen molar-refractivity contribution >= 4 is 29.6 Å². The fraction of sp³-hybridized carbons (Fsp3) is 0.211. The Hall–Kier alpha value is -2.66. The Morgan fingerprint density at radius 3 is 2.80 bits per heavy atom. The molecule has 0 saturated carbocycles. The highest BCUT2D eigenvalue weighted by Gasteiger charge is 2.34. The van der Waals surface area contributed by atoms with Crippen LogP contribution in [0.25, 0.3) is 0 Å². The van der Waals surface area contributed by atoms with Crippen molar-refractivity contribution in [3.8, 4) is 0 Å². The maximum atomic E-state index is 12.2. The molecule has 1 heterocycles. The highest BCUT2D eigenvalue weighted by atomic mass is 35.5. The lowest BCUT2D eigenvalue weighted by atomic mass is 10.1. The summed E-state index contributed by atoms with van der Waals surface area (Å²) in [6.45, 7) is 0.932. The van der Waals surface area contributed by atoms with Crippen LogP contribution in [0, 0.1) is 5.92 Å². The van der Waals surface area contributed by atoms with E-state index in [1.165, 1.54) is 6.21 Å². The Bertz CT molecular complexity index is 792. The van der Waals surface area contributed by atoms with Gasteiger partial charge < -0.3 is 4.90 Å². The molecule has 1 aliphatic rings. The second-order valence-corrected chi connectivity index (χ2v) is 6.39. The van der Waals surface area contributed by atoms with Gasteiger partial charge in [0, 0.05) is 24.5 Å². The molecule has 2 aromatic rings. The second kappa shape index (κ2) is 7.94. The number of hydrogen-bond acceptors (Lipinski definition) is 3. The zero-order valence-corrected chi connectivity index (χ0v) is 14.3. The summed E-state index contributed by atoms with van der Waals surface area (Å²) in [6.07, 6.45) is 1.74. The summed E-state index contributed by atoms with van der Waals surface area (Å²) in [6, 6.07) is 16.9. The van der Waals surface area contributed by atoms with Gasteiger partial charge in [-0.25, -0.2) is 5.43 Å². The predicted octanol–water partition coefficient (Wildman–Crippen LogP) is 2.84. The summed E-state index contributed by atoms with van der Waals surface area (Å²) in [7, 11) is 0. The predicted molar refractivity (Wildman–Crippen MR) is 97.2 cm³/mol. The molecule has 0 spiro atoms. The average Bonchev–Trinajstić information content (AvgIpc) is 2.97. The largest absolute Gasteiger partial charge is 0.338 e. The van der Waals surface area contributed by atoms with Crippen molar-refractivity contribution in [2.75, 3.05) is 6.54 Å². The molecule has 6 heteroatoms. The van der Waals surface area contributed by atoms with Gasteiger partial charge in [-0.3, -0.25) is 9.59 Å². The van der Waals surface area contributed by atoms with E-state index in [0.717, 1.165) is 11.1 Å². The fourth-order valence-corrected chi connectivity index (χ4v) is 2.95. The van der Waals surface area contributed by atoms with Crippen molar-refractivity contribution in [1.29, 1.82) is 0 Å². The van der Waals surface area contributed by atoms with Crippen LogP contribution in [0.2, 0.25) is 5.02 Å². The zero-order valence-electron chi connectivity index (χ0n) is 13.6. The molecular formula is C19H18ClN3O2. The standard InChI is InChI=1S/C19H18ClN3O2/c20-17-8-4-7-15(9-17)11-21-22-19(25)16-10-18(24)23(13-16)12-14-5-2-1-3-6-14/h1-9,11,16H,10,12-13H2,(H,22,25)/b21-11+. The summed E-state index contributed by atoms with van der Waals surface area (Å²) in [5.41, 5.74) is 4.35. The number of carbonyl (C=O) groups excluding carboxylic acids is 2. The molecule has 2 amide bonds. The summed E-state index contributed by atoms with van der Waals surface area (Å²) in [4.78, 5) is 26.0. The molecule has 1 aliphatic heterocycles. The molecule has 0 bridgehead atoms. The monoisotopic (exact) mass is 355 g/mol. The normalized spacial score (nSPS) is 17.2. The maximum Gasteiger partial charge on any atom is 0.245 e. The minimum absolute atomic E-state index is 0.0113. The third-order valence-electron chi connectivity index (χ3n) is 4.04. The van der Waals surface area contributed by atoms with Gasteiger partial charge >= 0.3 is 0 Å². The van der Waals surface area contributed by atoms with Crippen LogP contribution in [0.15, 0.2) is 59.7 Å². The summed E-state index contributed by atoms with van der Waals surface area (Å²) in [5.74, 6) is -0.641. The van der Waals surface area contributed by atoms with Gasteiger partial charge in [-0.1, -0.05) is 54.1 Å². The van der Waals surface area contributed by atoms with Gasteiger partial charge in [0.1, 0.15) is 0 Å². The SMILES string of the molecule is O=C(N/N=C/c1cccc(Cl)c1)C1CC(=O)N(Cc2ccccc2)C1. The van der Waals surface area contributed by atoms with Gasteiger partial charge in [0.05, 0.1) is 12.1 Å². The highest BCUT2D eigenvalue weighted by Crippen LogP contribution is 2.20. The third-order valence-corrected chi connectivity index (χ3v) is 4.27. The van der Waals surface area contributed by atoms with Crippen LogP contribution in [0.5, 0.6) is 0 Å². The van der Waals surface area contributed by atoms with Gasteiger partial charge in [-0.15, -0.1) is 0 Å². The first-order valence-electron chi connectivity index (χ1n) is 8.02. The highest BCUT2D eigenvalue weighted by molar-refractivity contribution is 6.30. The van der Waals surface area contributed by atoms with E-state index in [4.69, 9.17) is 11.6 Å². The van der Waals surface area contributed by atoms with E-state index in [-0.39, 0.29) is 24.2 Å². The van der Waals surface area contributed by atoms with E-state index in [1.54, 1.807) is 17.0 Å². The topological polar surface area (TPSA) is 61.8 Å². The van der Waals surface area contributed by atoms with Crippen LogP contribution in [0.3, 0.4) is 0 Å². The van der Waals surface area contributed by atoms with Crippen molar-refractivity contribution in [2.45, 2.75) is 13.0 Å². The van der Waals surface area contributed by atoms with Gasteiger partial charge in [-0.2, -0.15) is 5.10 Å². The van der Waals surface area contributed by atoms with E-state index in [9.17, 15) is 9.59 Å². The Kier molecular flexibility index (Phi) is 5.46. The first-order valence-corrected chi connectivity index (χ1v) is 8.40. The van der Waals surface area contributed by atoms with Gasteiger partial charge in [-0.05, 0) is 23.3 Å². The number of hydrazone groups is 1. The lowest BCUT2D eigenvalue weighted by Crippen LogP contribution is -2.30. The number of hydrogen-bond donors (Lipinski definition) is 1. The van der Waals surface area contributed by atoms with Crippen molar-refractivity contribution in [2.24, 2.45) is 11.0 Å². The van der Waals surface area contributed by atoms with E-state index >= 15 is 0 Å². The van der Waals surface area contributed by atoms with Gasteiger partial charge in [0.15, 0.2) is 0 Å². The molecule has 2 aromatic carbocycles. The van der Waals surface area contributed by atoms with Crippen LogP contribution in [0.1, 0.15) is 17.5 Å². The van der Waals surface area contributed by atoms with Crippen LogP contribution >= 0.6 is 11.6 Å². The molecule has 1 atom stereocenters. The number of likely N-dealkylation sites (tertiary alicyclic amines) is 1. The Labute approximate surface area is 151 Å². The Balaban J connectivity index is 1.54. The minimum Gasteiger partial charge on any atom is -0.338 e. The van der Waals surface area contributed by atoms with Crippen LogP contribution in [-0.4, -0.2) is 29.5 Å². The molecule has 1 fully saturated rings. The molecule has 25 heavy (non-hydrogen) atoms. The molecule has 5 nitrogen and oxygen atoms in total. The van der Waals surface area contributed by atoms with Crippen molar-refractivity contribution in [3.63, 3.8) is 0 Å². The molecule has 0 radical (unpaired) electrons. The molecule has 1 saturated heterocycles. The van der Waals surface area contributed by atoms with E-state index in [1.807, 2.05) is 42.5 Å². The number of rotatable bonds is 5. The average molecular weight is 356 g/mol. The summed E-state index contributed by atoms with van der Waals surface area (Å²) >= 11 is 5.90. The maximum absolute atomic E-state index is 12.2. The minimum atomic E-state index is -0.382. The quantitative estimate of drug-likeness (QED) is 0.662. The van der Waals surface area contributed by atoms with Gasteiger partial charge in [0.2, 0.25) is 11.8 Å². The summed E-state index contributed by atoms with van der Waals surface area (Å²) in [5, 5.41) is 4.55. The van der Waals surface area contributed by atoms with Gasteiger partial charge in [0.25, 0.3) is 0 Å². The first kappa shape index (κ1) is 17.2. The number of nitrogens with zero attached hydrogens (tertiary/aromatic N) is 2. The van der Waals surface area contributed by atoms with E-state index in [0.29, 0.717) is 18.1 Å². The fourth-order valence-electron chi connectivity index (χ4n) is 2.75. The van der Waals surface area contributed by atoms with Crippen molar-refractivity contribution < 1.29 is 9.59 Å². The number of benzene rings is 2. The van der Waals surface area contributed by atoms with Crippen molar-refractivity contribution in [3.05, 3.63) is 70.7 Å². The molecule has 0 aromatic heterocycles. The molecule has 0 aliphatic carbocycles. The second-order valence-electron chi connectivity index (χ2n) is 5.95. The number of nitrogens with one attached hydrogen (secondary N) is 1. The van der Waals surface area contributed by atoms with E-state index in [2.05, 4.69) is 10.5 Å². The molecular weight excluding hydrogens is 338 g/mol. The smallest absolute Gasteiger partial charge is 0.245 e. The zero-order chi connectivity index (χ0) is 17.6.